The van der Waals surface area contributed by atoms with Gasteiger partial charge in [0.25, 0.3) is 0 Å². The number of H-pyrrole nitrogens is 2. The summed E-state index contributed by atoms with van der Waals surface area (Å²) < 4.78 is 16.9. The molecule has 3 aliphatic heterocycles. The van der Waals surface area contributed by atoms with Crippen molar-refractivity contribution in [2.75, 3.05) is 27.4 Å². The number of ether oxygens (including phenoxy) is 3. The van der Waals surface area contributed by atoms with E-state index in [1.54, 1.807) is 7.11 Å². The second kappa shape index (κ2) is 18.8. The first-order valence-corrected chi connectivity index (χ1v) is 23.3. The van der Waals surface area contributed by atoms with Gasteiger partial charge >= 0.3 is 6.09 Å². The molecule has 1 aliphatic carbocycles. The molecular formula is C51H60N8O7. The third-order valence-electron chi connectivity index (χ3n) is 13.8. The van der Waals surface area contributed by atoms with Crippen LogP contribution in [0.3, 0.4) is 0 Å². The lowest BCUT2D eigenvalue weighted by molar-refractivity contribution is -0.138. The van der Waals surface area contributed by atoms with E-state index >= 15 is 0 Å². The fourth-order valence-electron chi connectivity index (χ4n) is 10.4. The smallest absolute Gasteiger partial charge is 0.407 e. The standard InChI is InChI=1S/C51H60N8O7/c1-7-11-43(60)55-45(31-12-9-8-10-13-31)49(61)58-25-30(26-64-5)20-41(58)48-53-38-18-16-32-22-37-35-17-15-33(21-34(35)27-66-42(37)23-36(32)46(38)56-48)39-24-52-47(54-39)40-19-14-29(4)59(40)50(62)44(28(2)3)57-51(63)65-6/h8-10,12-13,15,17,21-24,28-30,40-41,44-45H,7,11,14,16,18-20,25-27H2,1-6H3,(H,52,54)(H,53,56)(H,55,60)(H,57,63)/t29-,30-,40-,41-,44-,45+/m0/s1. The number of aromatic amines is 2. The third-order valence-corrected chi connectivity index (χ3v) is 13.8. The van der Waals surface area contributed by atoms with E-state index in [0.717, 1.165) is 87.7 Å². The van der Waals surface area contributed by atoms with Gasteiger partial charge in [0, 0.05) is 48.9 Å². The van der Waals surface area contributed by atoms with Crippen molar-refractivity contribution in [3.8, 4) is 39.4 Å². The number of fused-ring (bicyclic) bond motifs is 6. The summed E-state index contributed by atoms with van der Waals surface area (Å²) >= 11 is 0. The van der Waals surface area contributed by atoms with Gasteiger partial charge in [-0.2, -0.15) is 0 Å². The van der Waals surface area contributed by atoms with Gasteiger partial charge in [-0.3, -0.25) is 14.4 Å². The zero-order valence-corrected chi connectivity index (χ0v) is 38.6. The van der Waals surface area contributed by atoms with Gasteiger partial charge in [0.2, 0.25) is 17.7 Å². The number of carbonyl (C=O) groups is 4. The van der Waals surface area contributed by atoms with E-state index < -0.39 is 18.2 Å². The highest BCUT2D eigenvalue weighted by atomic mass is 16.5. The topological polar surface area (TPSA) is 184 Å². The van der Waals surface area contributed by atoms with Crippen molar-refractivity contribution in [2.45, 2.75) is 109 Å². The van der Waals surface area contributed by atoms with Gasteiger partial charge < -0.3 is 44.6 Å². The highest BCUT2D eigenvalue weighted by Gasteiger charge is 2.43. The number of carbonyl (C=O) groups excluding carboxylic acids is 4. The molecule has 5 aromatic rings. The van der Waals surface area contributed by atoms with Crippen LogP contribution in [0.5, 0.6) is 5.75 Å². The molecule has 0 spiro atoms. The van der Waals surface area contributed by atoms with Crippen LogP contribution in [0.2, 0.25) is 0 Å². The molecule has 0 saturated carbocycles. The van der Waals surface area contributed by atoms with E-state index in [4.69, 9.17) is 24.2 Å². The van der Waals surface area contributed by atoms with Crippen LogP contribution in [0.4, 0.5) is 4.79 Å². The highest BCUT2D eigenvalue weighted by Crippen LogP contribution is 2.46. The van der Waals surface area contributed by atoms with Gasteiger partial charge in [-0.1, -0.05) is 63.2 Å². The predicted molar refractivity (Wildman–Crippen MR) is 248 cm³/mol. The number of nitrogens with one attached hydrogen (secondary N) is 4. The Morgan fingerprint density at radius 3 is 2.47 bits per heavy atom. The second-order valence-electron chi connectivity index (χ2n) is 18.6. The molecular weight excluding hydrogens is 837 g/mol. The third kappa shape index (κ3) is 8.56. The largest absolute Gasteiger partial charge is 0.488 e. The number of hydrogen-bond donors (Lipinski definition) is 4. The summed E-state index contributed by atoms with van der Waals surface area (Å²) in [5, 5.41) is 5.77. The molecule has 6 atom stereocenters. The number of amides is 4. The average molecular weight is 897 g/mol. The molecule has 15 heteroatoms. The Balaban J connectivity index is 0.958. The predicted octanol–water partition coefficient (Wildman–Crippen LogP) is 7.75. The monoisotopic (exact) mass is 896 g/mol. The molecule has 2 aromatic heterocycles. The Morgan fingerprint density at radius 2 is 1.71 bits per heavy atom. The number of aromatic nitrogens is 4. The van der Waals surface area contributed by atoms with Crippen molar-refractivity contribution in [1.82, 2.24) is 40.4 Å². The summed E-state index contributed by atoms with van der Waals surface area (Å²) in [4.78, 5) is 74.5. The van der Waals surface area contributed by atoms with Gasteiger partial charge in [0.1, 0.15) is 36.1 Å². The summed E-state index contributed by atoms with van der Waals surface area (Å²) in [6.45, 7) is 9.20. The number of alkyl carbamates (subject to hydrolysis) is 1. The number of aryl methyl sites for hydroxylation is 2. The van der Waals surface area contributed by atoms with Gasteiger partial charge in [-0.05, 0) is 97.4 Å². The number of rotatable bonds is 13. The quantitative estimate of drug-likeness (QED) is 0.0918. The van der Waals surface area contributed by atoms with Crippen molar-refractivity contribution >= 4 is 23.8 Å². The van der Waals surface area contributed by atoms with Crippen LogP contribution in [0.15, 0.2) is 66.9 Å². The van der Waals surface area contributed by atoms with Crippen molar-refractivity contribution in [2.24, 2.45) is 11.8 Å². The van der Waals surface area contributed by atoms with Gasteiger partial charge in [0.05, 0.1) is 43.4 Å². The van der Waals surface area contributed by atoms with Crippen molar-refractivity contribution < 1.29 is 33.4 Å². The van der Waals surface area contributed by atoms with Crippen molar-refractivity contribution in [3.63, 3.8) is 0 Å². The fraction of sp³-hybridized carbons (Fsp3) is 0.451. The Labute approximate surface area is 385 Å². The minimum absolute atomic E-state index is 0.0164. The Morgan fingerprint density at radius 1 is 0.894 bits per heavy atom. The molecule has 66 heavy (non-hydrogen) atoms. The van der Waals surface area contributed by atoms with E-state index in [1.165, 1.54) is 12.7 Å². The van der Waals surface area contributed by atoms with E-state index in [-0.39, 0.29) is 47.7 Å². The first kappa shape index (κ1) is 44.7. The molecule has 2 saturated heterocycles. The van der Waals surface area contributed by atoms with Crippen molar-refractivity contribution in [1.29, 1.82) is 0 Å². The average Bonchev–Trinajstić information content (AvgIpc) is 4.15. The lowest BCUT2D eigenvalue weighted by Crippen LogP contribution is -2.52. The van der Waals surface area contributed by atoms with E-state index in [1.807, 2.05) is 74.0 Å². The lowest BCUT2D eigenvalue weighted by atomic mass is 9.86. The zero-order chi connectivity index (χ0) is 46.2. The maximum absolute atomic E-state index is 14.6. The normalized spacial score (nSPS) is 20.4. The molecule has 15 nitrogen and oxygen atoms in total. The number of hydrogen-bond acceptors (Lipinski definition) is 9. The van der Waals surface area contributed by atoms with Crippen LogP contribution in [0, 0.1) is 11.8 Å². The van der Waals surface area contributed by atoms with Crippen molar-refractivity contribution in [3.05, 3.63) is 101 Å². The SMILES string of the molecule is CCCC(=O)N[C@@H](C(=O)N1C[C@@H](COC)C[C@H]1c1nc2c([nH]1)CCc1cc3c(cc1-2)OCc1cc(-c2cnc([C@@H]4CC[C@H](C)N4C(=O)[C@@H](NC(=O)OC)C(C)C)[nH]2)ccc1-3)c1ccccc1. The fourth-order valence-corrected chi connectivity index (χ4v) is 10.4. The summed E-state index contributed by atoms with van der Waals surface area (Å²) in [7, 11) is 2.98. The number of likely N-dealkylation sites (tertiary alicyclic amines) is 2. The molecule has 0 bridgehead atoms. The minimum Gasteiger partial charge on any atom is -0.488 e. The van der Waals surface area contributed by atoms with Crippen LogP contribution in [-0.2, 0) is 43.3 Å². The summed E-state index contributed by atoms with van der Waals surface area (Å²) in [5.41, 5.74) is 9.88. The van der Waals surface area contributed by atoms with E-state index in [2.05, 4.69) is 50.9 Å². The molecule has 3 aromatic carbocycles. The second-order valence-corrected chi connectivity index (χ2v) is 18.6. The molecule has 346 valence electrons. The molecule has 4 amide bonds. The first-order chi connectivity index (χ1) is 32.0. The zero-order valence-electron chi connectivity index (χ0n) is 38.6. The Kier molecular flexibility index (Phi) is 12.7. The Bertz CT molecular complexity index is 2620. The number of benzene rings is 3. The maximum atomic E-state index is 14.6. The van der Waals surface area contributed by atoms with Crippen LogP contribution < -0.4 is 15.4 Å². The number of imidazole rings is 2. The first-order valence-electron chi connectivity index (χ1n) is 23.3. The number of nitrogens with zero attached hydrogens (tertiary/aromatic N) is 4. The van der Waals surface area contributed by atoms with Crippen LogP contribution in [0.1, 0.15) is 112 Å². The van der Waals surface area contributed by atoms with Gasteiger partial charge in [0.15, 0.2) is 0 Å². The molecule has 0 unspecified atom stereocenters. The van der Waals surface area contributed by atoms with Crippen LogP contribution >= 0.6 is 0 Å². The minimum atomic E-state index is -0.815. The summed E-state index contributed by atoms with van der Waals surface area (Å²) in [6, 6.07) is 18.1. The molecule has 9 rings (SSSR count). The van der Waals surface area contributed by atoms with Crippen LogP contribution in [-0.4, -0.2) is 93.0 Å². The molecule has 0 radical (unpaired) electrons. The summed E-state index contributed by atoms with van der Waals surface area (Å²) in [5.74, 6) is 1.76. The summed E-state index contributed by atoms with van der Waals surface area (Å²) in [6.07, 6.45) is 6.07. The van der Waals surface area contributed by atoms with E-state index in [0.29, 0.717) is 44.8 Å². The van der Waals surface area contributed by atoms with Gasteiger partial charge in [-0.15, -0.1) is 0 Å². The lowest BCUT2D eigenvalue weighted by Gasteiger charge is -2.32. The maximum Gasteiger partial charge on any atom is 0.407 e. The molecule has 4 N–H and O–H groups in total. The molecule has 2 fully saturated rings. The Hall–Kier alpha value is -6.48. The van der Waals surface area contributed by atoms with Crippen LogP contribution in [0.25, 0.3) is 33.6 Å². The van der Waals surface area contributed by atoms with Gasteiger partial charge in [-0.25, -0.2) is 14.8 Å². The molecule has 5 heterocycles. The number of methoxy groups -OCH3 is 2. The highest BCUT2D eigenvalue weighted by molar-refractivity contribution is 5.90. The molecule has 4 aliphatic rings. The van der Waals surface area contributed by atoms with E-state index in [9.17, 15) is 19.2 Å².